The summed E-state index contributed by atoms with van der Waals surface area (Å²) in [5.41, 5.74) is 0. The third-order valence-corrected chi connectivity index (χ3v) is 1.74. The molecule has 0 aliphatic rings. The molecule has 0 aliphatic heterocycles. The summed E-state index contributed by atoms with van der Waals surface area (Å²) in [6.07, 6.45) is -5.59. The zero-order chi connectivity index (χ0) is 11.2. The summed E-state index contributed by atoms with van der Waals surface area (Å²) in [5, 5.41) is 12.0. The van der Waals surface area contributed by atoms with E-state index >= 15 is 0 Å². The average molecular weight is 214 g/mol. The fourth-order valence-electron chi connectivity index (χ4n) is 1.07. The van der Waals surface area contributed by atoms with Gasteiger partial charge >= 0.3 is 6.18 Å². The van der Waals surface area contributed by atoms with Gasteiger partial charge in [0.2, 0.25) is 0 Å². The number of nitrogens with zero attached hydrogens (tertiary/aromatic N) is 1. The van der Waals surface area contributed by atoms with E-state index in [0.29, 0.717) is 6.54 Å². The zero-order valence-electron chi connectivity index (χ0n) is 8.43. The normalized spacial score (nSPS) is 14.8. The van der Waals surface area contributed by atoms with Gasteiger partial charge in [0.25, 0.3) is 0 Å². The molecular formula is C8H17F3N2O. The molecule has 1 unspecified atom stereocenters. The third kappa shape index (κ3) is 8.28. The van der Waals surface area contributed by atoms with Crippen molar-refractivity contribution in [2.75, 3.05) is 33.7 Å². The van der Waals surface area contributed by atoms with Crippen LogP contribution in [0.2, 0.25) is 0 Å². The molecule has 0 radical (unpaired) electrons. The standard InChI is InChI=1S/C8H17F3N2O/c1-12-5-7(14)6-13(2)4-3-8(9,10)11/h7,12,14H,3-6H2,1-2H3. The maximum atomic E-state index is 11.8. The van der Waals surface area contributed by atoms with Crippen LogP contribution >= 0.6 is 0 Å². The fourth-order valence-corrected chi connectivity index (χ4v) is 1.07. The number of halogens is 3. The first-order valence-electron chi connectivity index (χ1n) is 4.43. The molecule has 0 rings (SSSR count). The molecule has 2 N–H and O–H groups in total. The van der Waals surface area contributed by atoms with Crippen LogP contribution in [0.25, 0.3) is 0 Å². The first-order chi connectivity index (χ1) is 6.35. The summed E-state index contributed by atoms with van der Waals surface area (Å²) in [6.45, 7) is 0.553. The van der Waals surface area contributed by atoms with Gasteiger partial charge in [-0.1, -0.05) is 0 Å². The molecule has 0 heterocycles. The smallest absolute Gasteiger partial charge is 0.390 e. The van der Waals surface area contributed by atoms with Gasteiger partial charge in [0, 0.05) is 19.6 Å². The number of hydrogen-bond acceptors (Lipinski definition) is 3. The van der Waals surface area contributed by atoms with E-state index in [1.807, 2.05) is 0 Å². The SMILES string of the molecule is CNCC(O)CN(C)CCC(F)(F)F. The van der Waals surface area contributed by atoms with E-state index in [2.05, 4.69) is 5.32 Å². The first-order valence-corrected chi connectivity index (χ1v) is 4.43. The molecule has 0 aliphatic carbocycles. The van der Waals surface area contributed by atoms with Crippen molar-refractivity contribution < 1.29 is 18.3 Å². The molecule has 0 bridgehead atoms. The van der Waals surface area contributed by atoms with Crippen LogP contribution in [0.15, 0.2) is 0 Å². The minimum absolute atomic E-state index is 0.0791. The van der Waals surface area contributed by atoms with Crippen molar-refractivity contribution in [1.29, 1.82) is 0 Å². The van der Waals surface area contributed by atoms with Gasteiger partial charge in [-0.3, -0.25) is 0 Å². The van der Waals surface area contributed by atoms with Crippen molar-refractivity contribution in [1.82, 2.24) is 10.2 Å². The Labute approximate surface area is 81.9 Å². The second-order valence-corrected chi connectivity index (χ2v) is 3.34. The predicted molar refractivity (Wildman–Crippen MR) is 48.1 cm³/mol. The number of aliphatic hydroxyl groups is 1. The van der Waals surface area contributed by atoms with Gasteiger partial charge < -0.3 is 15.3 Å². The molecule has 0 spiro atoms. The molecule has 86 valence electrons. The second-order valence-electron chi connectivity index (χ2n) is 3.34. The van der Waals surface area contributed by atoms with Gasteiger partial charge in [0.05, 0.1) is 12.5 Å². The Balaban J connectivity index is 3.59. The van der Waals surface area contributed by atoms with Crippen molar-refractivity contribution in [3.63, 3.8) is 0 Å². The molecule has 3 nitrogen and oxygen atoms in total. The maximum absolute atomic E-state index is 11.8. The number of rotatable bonds is 6. The lowest BCUT2D eigenvalue weighted by Gasteiger charge is -2.20. The van der Waals surface area contributed by atoms with E-state index in [1.54, 1.807) is 14.1 Å². The number of hydrogen-bond donors (Lipinski definition) is 2. The van der Waals surface area contributed by atoms with Crippen LogP contribution in [-0.2, 0) is 0 Å². The van der Waals surface area contributed by atoms with E-state index in [1.165, 1.54) is 4.90 Å². The van der Waals surface area contributed by atoms with Gasteiger partial charge in [-0.15, -0.1) is 0 Å². The molecule has 0 amide bonds. The van der Waals surface area contributed by atoms with Crippen LogP contribution in [0.3, 0.4) is 0 Å². The van der Waals surface area contributed by atoms with E-state index in [0.717, 1.165) is 0 Å². The Hall–Kier alpha value is -0.330. The van der Waals surface area contributed by atoms with Crippen LogP contribution in [-0.4, -0.2) is 56.0 Å². The van der Waals surface area contributed by atoms with Crippen molar-refractivity contribution in [2.24, 2.45) is 0 Å². The quantitative estimate of drug-likeness (QED) is 0.674. The van der Waals surface area contributed by atoms with Crippen molar-refractivity contribution >= 4 is 0 Å². The first kappa shape index (κ1) is 13.7. The molecule has 0 aromatic carbocycles. The number of alkyl halides is 3. The van der Waals surface area contributed by atoms with Gasteiger partial charge in [-0.2, -0.15) is 13.2 Å². The lowest BCUT2D eigenvalue weighted by Crippen LogP contribution is -2.36. The highest BCUT2D eigenvalue weighted by molar-refractivity contribution is 4.64. The van der Waals surface area contributed by atoms with E-state index in [-0.39, 0.29) is 13.1 Å². The van der Waals surface area contributed by atoms with Crippen molar-refractivity contribution in [3.8, 4) is 0 Å². The monoisotopic (exact) mass is 214 g/mol. The van der Waals surface area contributed by atoms with Crippen molar-refractivity contribution in [2.45, 2.75) is 18.7 Å². The Kier molecular flexibility index (Phi) is 6.06. The lowest BCUT2D eigenvalue weighted by atomic mass is 10.3. The molecule has 0 aromatic rings. The number of aliphatic hydroxyl groups excluding tert-OH is 1. The largest absolute Gasteiger partial charge is 0.390 e. The Bertz CT molecular complexity index is 152. The average Bonchev–Trinajstić information content (AvgIpc) is 2.00. The minimum atomic E-state index is -4.12. The molecule has 0 saturated carbocycles. The zero-order valence-corrected chi connectivity index (χ0v) is 8.43. The Morgan fingerprint density at radius 2 is 2.00 bits per heavy atom. The summed E-state index contributed by atoms with van der Waals surface area (Å²) >= 11 is 0. The van der Waals surface area contributed by atoms with Crippen molar-refractivity contribution in [3.05, 3.63) is 0 Å². The predicted octanol–water partition coefficient (Wildman–Crippen LogP) is 0.451. The molecule has 0 aromatic heterocycles. The van der Waals surface area contributed by atoms with Crippen LogP contribution < -0.4 is 5.32 Å². The van der Waals surface area contributed by atoms with Crippen LogP contribution in [0.4, 0.5) is 13.2 Å². The summed E-state index contributed by atoms with van der Waals surface area (Å²) in [7, 11) is 3.24. The minimum Gasteiger partial charge on any atom is -0.390 e. The van der Waals surface area contributed by atoms with E-state index < -0.39 is 18.7 Å². The Morgan fingerprint density at radius 1 is 1.43 bits per heavy atom. The van der Waals surface area contributed by atoms with Crippen LogP contribution in [0, 0.1) is 0 Å². The highest BCUT2D eigenvalue weighted by Gasteiger charge is 2.27. The number of nitrogens with one attached hydrogen (secondary N) is 1. The van der Waals surface area contributed by atoms with Crippen LogP contribution in [0.1, 0.15) is 6.42 Å². The summed E-state index contributed by atoms with van der Waals surface area (Å²) in [5.74, 6) is 0. The summed E-state index contributed by atoms with van der Waals surface area (Å²) in [6, 6.07) is 0. The molecule has 0 saturated heterocycles. The highest BCUT2D eigenvalue weighted by Crippen LogP contribution is 2.19. The van der Waals surface area contributed by atoms with E-state index in [4.69, 9.17) is 0 Å². The molecule has 1 atom stereocenters. The molecular weight excluding hydrogens is 197 g/mol. The molecule has 14 heavy (non-hydrogen) atoms. The maximum Gasteiger partial charge on any atom is 0.390 e. The topological polar surface area (TPSA) is 35.5 Å². The molecule has 0 fully saturated rings. The molecule has 6 heteroatoms. The van der Waals surface area contributed by atoms with Gasteiger partial charge in [-0.05, 0) is 14.1 Å². The van der Waals surface area contributed by atoms with E-state index in [9.17, 15) is 18.3 Å². The van der Waals surface area contributed by atoms with Gasteiger partial charge in [0.1, 0.15) is 0 Å². The lowest BCUT2D eigenvalue weighted by molar-refractivity contribution is -0.137. The third-order valence-electron chi connectivity index (χ3n) is 1.74. The van der Waals surface area contributed by atoms with Crippen LogP contribution in [0.5, 0.6) is 0 Å². The second kappa shape index (κ2) is 6.21. The number of likely N-dealkylation sites (N-methyl/N-ethyl adjacent to an activating group) is 2. The highest BCUT2D eigenvalue weighted by atomic mass is 19.4. The Morgan fingerprint density at radius 3 is 2.43 bits per heavy atom. The summed E-state index contributed by atoms with van der Waals surface area (Å²) < 4.78 is 35.4. The fraction of sp³-hybridized carbons (Fsp3) is 1.00. The van der Waals surface area contributed by atoms with Gasteiger partial charge in [0.15, 0.2) is 0 Å². The van der Waals surface area contributed by atoms with Gasteiger partial charge in [-0.25, -0.2) is 0 Å². The summed E-state index contributed by atoms with van der Waals surface area (Å²) in [4.78, 5) is 1.47.